The van der Waals surface area contributed by atoms with E-state index in [2.05, 4.69) is 4.98 Å². The van der Waals surface area contributed by atoms with Crippen molar-refractivity contribution in [3.63, 3.8) is 0 Å². The molecule has 1 unspecified atom stereocenters. The van der Waals surface area contributed by atoms with Crippen LogP contribution < -0.4 is 10.5 Å². The summed E-state index contributed by atoms with van der Waals surface area (Å²) in [7, 11) is 0. The van der Waals surface area contributed by atoms with E-state index in [-0.39, 0.29) is 11.7 Å². The van der Waals surface area contributed by atoms with E-state index < -0.39 is 0 Å². The molecule has 1 saturated heterocycles. The predicted molar refractivity (Wildman–Crippen MR) is 74.1 cm³/mol. The second-order valence-corrected chi connectivity index (χ2v) is 5.71. The molecular weight excluding hydrogens is 240 g/mol. The van der Waals surface area contributed by atoms with Crippen molar-refractivity contribution in [3.8, 4) is 5.75 Å². The predicted octanol–water partition coefficient (Wildman–Crippen LogP) is 2.92. The molecule has 2 heterocycles. The van der Waals surface area contributed by atoms with Crippen LogP contribution in [0.3, 0.4) is 0 Å². The molecule has 2 fully saturated rings. The van der Waals surface area contributed by atoms with Crippen molar-refractivity contribution in [1.82, 2.24) is 4.98 Å². The molecule has 104 valence electrons. The Bertz CT molecular complexity index is 424. The van der Waals surface area contributed by atoms with Crippen LogP contribution in [0.5, 0.6) is 5.75 Å². The molecule has 0 radical (unpaired) electrons. The van der Waals surface area contributed by atoms with Gasteiger partial charge in [0.25, 0.3) is 0 Å². The fraction of sp³-hybridized carbons (Fsp3) is 0.667. The summed E-state index contributed by atoms with van der Waals surface area (Å²) < 4.78 is 12.1. The van der Waals surface area contributed by atoms with Crippen molar-refractivity contribution in [2.24, 2.45) is 0 Å². The Morgan fingerprint density at radius 1 is 1.32 bits per heavy atom. The summed E-state index contributed by atoms with van der Waals surface area (Å²) >= 11 is 0. The van der Waals surface area contributed by atoms with Crippen molar-refractivity contribution in [2.45, 2.75) is 56.7 Å². The van der Waals surface area contributed by atoms with Crippen molar-refractivity contribution in [3.05, 3.63) is 18.3 Å². The minimum atomic E-state index is 0.0676. The van der Waals surface area contributed by atoms with Gasteiger partial charge in [-0.3, -0.25) is 0 Å². The highest BCUT2D eigenvalue weighted by Crippen LogP contribution is 2.39. The maximum Gasteiger partial charge on any atom is 0.166 e. The highest BCUT2D eigenvalue weighted by atomic mass is 16.5. The Labute approximate surface area is 114 Å². The Morgan fingerprint density at radius 2 is 2.16 bits per heavy atom. The summed E-state index contributed by atoms with van der Waals surface area (Å²) in [4.78, 5) is 4.07. The molecule has 1 aromatic rings. The van der Waals surface area contributed by atoms with Gasteiger partial charge in [-0.1, -0.05) is 19.3 Å². The molecule has 1 aliphatic carbocycles. The van der Waals surface area contributed by atoms with Crippen LogP contribution in [0.1, 0.15) is 44.9 Å². The quantitative estimate of drug-likeness (QED) is 0.890. The van der Waals surface area contributed by atoms with Gasteiger partial charge in [0, 0.05) is 19.0 Å². The Morgan fingerprint density at radius 3 is 2.95 bits per heavy atom. The number of hydrogen-bond acceptors (Lipinski definition) is 4. The molecule has 1 aromatic heterocycles. The maximum absolute atomic E-state index is 6.08. The van der Waals surface area contributed by atoms with Crippen LogP contribution >= 0.6 is 0 Å². The fourth-order valence-electron chi connectivity index (χ4n) is 3.31. The van der Waals surface area contributed by atoms with Gasteiger partial charge in [0.2, 0.25) is 0 Å². The fourth-order valence-corrected chi connectivity index (χ4v) is 3.31. The summed E-state index contributed by atoms with van der Waals surface area (Å²) in [5, 5.41) is 0. The highest BCUT2D eigenvalue weighted by Gasteiger charge is 2.39. The maximum atomic E-state index is 6.08. The smallest absolute Gasteiger partial charge is 0.166 e. The zero-order valence-electron chi connectivity index (χ0n) is 11.3. The van der Waals surface area contributed by atoms with E-state index in [9.17, 15) is 0 Å². The second-order valence-electron chi connectivity index (χ2n) is 5.71. The summed E-state index contributed by atoms with van der Waals surface area (Å²) in [6.45, 7) is 0.796. The molecule has 1 atom stereocenters. The third-order valence-corrected chi connectivity index (χ3v) is 4.31. The number of ether oxygens (including phenoxy) is 2. The molecule has 2 aliphatic rings. The van der Waals surface area contributed by atoms with Crippen LogP contribution in [0.4, 0.5) is 5.82 Å². The van der Waals surface area contributed by atoms with E-state index >= 15 is 0 Å². The molecule has 1 aliphatic heterocycles. The number of nitrogens with zero attached hydrogens (tertiary/aromatic N) is 1. The first-order chi connectivity index (χ1) is 9.27. The van der Waals surface area contributed by atoms with E-state index in [1.54, 1.807) is 6.20 Å². The van der Waals surface area contributed by atoms with Gasteiger partial charge in [-0.15, -0.1) is 0 Å². The van der Waals surface area contributed by atoms with Crippen molar-refractivity contribution < 1.29 is 9.47 Å². The third kappa shape index (κ3) is 2.84. The van der Waals surface area contributed by atoms with Crippen LogP contribution in [0.25, 0.3) is 0 Å². The molecule has 2 N–H and O–H groups in total. The van der Waals surface area contributed by atoms with Gasteiger partial charge in [-0.25, -0.2) is 4.98 Å². The number of pyridine rings is 1. The minimum Gasteiger partial charge on any atom is -0.486 e. The number of nitrogen functional groups attached to an aromatic ring is 1. The molecule has 0 aromatic carbocycles. The average Bonchev–Trinajstić information content (AvgIpc) is 2.42. The van der Waals surface area contributed by atoms with Crippen molar-refractivity contribution in [2.75, 3.05) is 12.3 Å². The number of hydrogen-bond donors (Lipinski definition) is 1. The first-order valence-electron chi connectivity index (χ1n) is 7.29. The van der Waals surface area contributed by atoms with E-state index in [0.29, 0.717) is 11.6 Å². The molecule has 0 amide bonds. The number of aromatic nitrogens is 1. The molecule has 1 spiro atoms. The van der Waals surface area contributed by atoms with Crippen molar-refractivity contribution >= 4 is 5.82 Å². The molecular formula is C15H22N2O2. The SMILES string of the molecule is Nc1ncccc1OC1CCOC2(CCCCC2)C1. The Hall–Kier alpha value is -1.29. The highest BCUT2D eigenvalue weighted by molar-refractivity contribution is 5.44. The van der Waals surface area contributed by atoms with E-state index in [1.165, 1.54) is 32.1 Å². The van der Waals surface area contributed by atoms with E-state index in [4.69, 9.17) is 15.2 Å². The van der Waals surface area contributed by atoms with E-state index in [0.717, 1.165) is 19.4 Å². The zero-order chi connectivity index (χ0) is 13.1. The molecule has 0 bridgehead atoms. The zero-order valence-corrected chi connectivity index (χ0v) is 11.3. The van der Waals surface area contributed by atoms with E-state index in [1.807, 2.05) is 12.1 Å². The first kappa shape index (κ1) is 12.7. The van der Waals surface area contributed by atoms with Gasteiger partial charge < -0.3 is 15.2 Å². The van der Waals surface area contributed by atoms with Gasteiger partial charge in [0.15, 0.2) is 11.6 Å². The van der Waals surface area contributed by atoms with Gasteiger partial charge in [-0.2, -0.15) is 0 Å². The normalized spacial score (nSPS) is 26.2. The monoisotopic (exact) mass is 262 g/mol. The van der Waals surface area contributed by atoms with Crippen LogP contribution in [0, 0.1) is 0 Å². The number of nitrogens with two attached hydrogens (primary N) is 1. The Balaban J connectivity index is 1.67. The summed E-state index contributed by atoms with van der Waals surface area (Å²) in [6.07, 6.45) is 10.1. The standard InChI is InChI=1S/C15H22N2O2/c16-14-13(5-4-9-17-14)19-12-6-10-18-15(11-12)7-2-1-3-8-15/h4-5,9,12H,1-3,6-8,10-11H2,(H2,16,17). The van der Waals surface area contributed by atoms with Crippen LogP contribution in [0.2, 0.25) is 0 Å². The van der Waals surface area contributed by atoms with Gasteiger partial charge in [0.1, 0.15) is 6.10 Å². The molecule has 3 rings (SSSR count). The van der Waals surface area contributed by atoms with Crippen molar-refractivity contribution in [1.29, 1.82) is 0 Å². The summed E-state index contributed by atoms with van der Waals surface area (Å²) in [6, 6.07) is 3.76. The topological polar surface area (TPSA) is 57.4 Å². The largest absolute Gasteiger partial charge is 0.486 e. The lowest BCUT2D eigenvalue weighted by Gasteiger charge is -2.43. The van der Waals surface area contributed by atoms with Gasteiger partial charge >= 0.3 is 0 Å². The van der Waals surface area contributed by atoms with Gasteiger partial charge in [-0.05, 0) is 25.0 Å². The molecule has 1 saturated carbocycles. The summed E-state index contributed by atoms with van der Waals surface area (Å²) in [5.74, 6) is 1.19. The lowest BCUT2D eigenvalue weighted by molar-refractivity contribution is -0.129. The summed E-state index contributed by atoms with van der Waals surface area (Å²) in [5.41, 5.74) is 5.91. The van der Waals surface area contributed by atoms with Gasteiger partial charge in [0.05, 0.1) is 12.2 Å². The molecule has 4 heteroatoms. The van der Waals surface area contributed by atoms with Crippen LogP contribution in [-0.2, 0) is 4.74 Å². The second kappa shape index (κ2) is 5.37. The number of rotatable bonds is 2. The van der Waals surface area contributed by atoms with Crippen LogP contribution in [-0.4, -0.2) is 23.3 Å². The van der Waals surface area contributed by atoms with Crippen LogP contribution in [0.15, 0.2) is 18.3 Å². The Kier molecular flexibility index (Phi) is 3.60. The number of anilines is 1. The molecule has 4 nitrogen and oxygen atoms in total. The molecule has 19 heavy (non-hydrogen) atoms. The average molecular weight is 262 g/mol. The third-order valence-electron chi connectivity index (χ3n) is 4.31. The lowest BCUT2D eigenvalue weighted by Crippen LogP contribution is -2.45. The first-order valence-corrected chi connectivity index (χ1v) is 7.29. The minimum absolute atomic E-state index is 0.0676. The lowest BCUT2D eigenvalue weighted by atomic mass is 9.79.